The summed E-state index contributed by atoms with van der Waals surface area (Å²) in [6, 6.07) is 29.2. The molecule has 55 heavy (non-hydrogen) atoms. The third-order valence-electron chi connectivity index (χ3n) is 10.9. The summed E-state index contributed by atoms with van der Waals surface area (Å²) >= 11 is 19.5. The zero-order chi connectivity index (χ0) is 37.9. The lowest BCUT2D eigenvalue weighted by Gasteiger charge is -2.37. The van der Waals surface area contributed by atoms with Crippen molar-refractivity contribution >= 4 is 60.8 Å². The maximum atomic E-state index is 11.1. The van der Waals surface area contributed by atoms with Crippen molar-refractivity contribution in [3.8, 4) is 22.8 Å². The number of halogens is 4. The SMILES string of the molecule is Clc1ccccc1-c1nc2c([nH]1)CN(C1CCc3ccc(Br)cc3C1)CC2.Clc1ccccc1-c1nc2c([nH]1)CNCC2.O=C1CCc2ccc(Br)cc2C1. The van der Waals surface area contributed by atoms with Crippen molar-refractivity contribution in [1.29, 1.82) is 0 Å². The lowest BCUT2D eigenvalue weighted by molar-refractivity contribution is -0.118. The molecule has 11 heteroatoms. The number of hydrogen-bond acceptors (Lipinski definition) is 5. The Kier molecular flexibility index (Phi) is 12.0. The Hall–Kier alpha value is -3.57. The van der Waals surface area contributed by atoms with Crippen LogP contribution in [0.4, 0.5) is 0 Å². The van der Waals surface area contributed by atoms with Crippen molar-refractivity contribution in [2.45, 2.75) is 70.5 Å². The van der Waals surface area contributed by atoms with Gasteiger partial charge in [0.05, 0.1) is 32.8 Å². The minimum absolute atomic E-state index is 0.362. The summed E-state index contributed by atoms with van der Waals surface area (Å²) in [6.45, 7) is 3.89. The first-order valence-corrected chi connectivity index (χ1v) is 21.3. The fraction of sp³-hybridized carbons (Fsp3) is 0.295. The molecular formula is C44H42Br2Cl2N6O. The first-order valence-electron chi connectivity index (χ1n) is 18.9. The van der Waals surface area contributed by atoms with Crippen LogP contribution in [-0.4, -0.2) is 49.8 Å². The molecule has 1 unspecified atom stereocenters. The van der Waals surface area contributed by atoms with Crippen molar-refractivity contribution in [3.05, 3.63) is 149 Å². The number of H-pyrrole nitrogens is 2. The topological polar surface area (TPSA) is 89.7 Å². The molecule has 0 spiro atoms. The number of aromatic nitrogens is 4. The molecule has 2 aromatic heterocycles. The van der Waals surface area contributed by atoms with E-state index in [2.05, 4.69) is 81.3 Å². The zero-order valence-electron chi connectivity index (χ0n) is 30.4. The van der Waals surface area contributed by atoms with Crippen molar-refractivity contribution < 1.29 is 4.79 Å². The van der Waals surface area contributed by atoms with Crippen molar-refractivity contribution in [2.24, 2.45) is 0 Å². The van der Waals surface area contributed by atoms with Crippen molar-refractivity contribution in [2.75, 3.05) is 13.1 Å². The third-order valence-corrected chi connectivity index (χ3v) is 12.6. The molecule has 0 amide bonds. The van der Waals surface area contributed by atoms with Crippen LogP contribution < -0.4 is 5.32 Å². The highest BCUT2D eigenvalue weighted by Gasteiger charge is 2.29. The Labute approximate surface area is 348 Å². The molecule has 3 N–H and O–H groups in total. The highest BCUT2D eigenvalue weighted by atomic mass is 79.9. The molecule has 4 heterocycles. The summed E-state index contributed by atoms with van der Waals surface area (Å²) in [5.41, 5.74) is 12.3. The van der Waals surface area contributed by atoms with Gasteiger partial charge in [-0.05, 0) is 96.5 Å². The Morgan fingerprint density at radius 1 is 0.673 bits per heavy atom. The monoisotopic (exact) mass is 898 g/mol. The molecule has 7 nitrogen and oxygen atoms in total. The fourth-order valence-electron chi connectivity index (χ4n) is 8.00. The van der Waals surface area contributed by atoms with Gasteiger partial charge in [-0.15, -0.1) is 0 Å². The van der Waals surface area contributed by atoms with Gasteiger partial charge in [0, 0.05) is 78.0 Å². The number of nitrogens with zero attached hydrogens (tertiary/aromatic N) is 3. The number of carbonyl (C=O) groups is 1. The zero-order valence-corrected chi connectivity index (χ0v) is 35.1. The van der Waals surface area contributed by atoms with E-state index in [0.29, 0.717) is 24.7 Å². The number of nitrogens with one attached hydrogen (secondary N) is 3. The van der Waals surface area contributed by atoms with Crippen molar-refractivity contribution in [3.63, 3.8) is 0 Å². The number of carbonyl (C=O) groups excluding carboxylic acids is 1. The van der Waals surface area contributed by atoms with Crippen LogP contribution in [0, 0.1) is 0 Å². The van der Waals surface area contributed by atoms with E-state index in [1.54, 1.807) is 0 Å². The van der Waals surface area contributed by atoms with Gasteiger partial charge in [0.25, 0.3) is 0 Å². The van der Waals surface area contributed by atoms with Gasteiger partial charge in [-0.2, -0.15) is 0 Å². The van der Waals surface area contributed by atoms with Crippen LogP contribution in [0.3, 0.4) is 0 Å². The smallest absolute Gasteiger partial charge is 0.139 e. The summed E-state index contributed by atoms with van der Waals surface area (Å²) < 4.78 is 2.25. The summed E-state index contributed by atoms with van der Waals surface area (Å²) in [6.07, 6.45) is 7.77. The van der Waals surface area contributed by atoms with Crippen LogP contribution in [0.2, 0.25) is 10.0 Å². The predicted octanol–water partition coefficient (Wildman–Crippen LogP) is 10.3. The molecule has 10 rings (SSSR count). The Bertz CT molecular complexity index is 2310. The fourth-order valence-corrected chi connectivity index (χ4v) is 9.27. The average molecular weight is 902 g/mol. The van der Waals surface area contributed by atoms with E-state index >= 15 is 0 Å². The van der Waals surface area contributed by atoms with E-state index in [1.165, 1.54) is 56.6 Å². The quantitative estimate of drug-likeness (QED) is 0.165. The molecule has 4 aromatic carbocycles. The van der Waals surface area contributed by atoms with Gasteiger partial charge in [-0.25, -0.2) is 9.97 Å². The highest BCUT2D eigenvalue weighted by molar-refractivity contribution is 9.10. The molecule has 2 aliphatic heterocycles. The molecule has 6 aromatic rings. The van der Waals surface area contributed by atoms with Crippen LogP contribution in [0.25, 0.3) is 22.8 Å². The molecule has 0 fully saturated rings. The molecule has 0 saturated heterocycles. The highest BCUT2D eigenvalue weighted by Crippen LogP contribution is 2.32. The predicted molar refractivity (Wildman–Crippen MR) is 229 cm³/mol. The normalized spacial score (nSPS) is 17.4. The van der Waals surface area contributed by atoms with Gasteiger partial charge in [-0.1, -0.05) is 91.5 Å². The molecule has 0 radical (unpaired) electrons. The number of Topliss-reactive ketones (excluding diaryl/α,β-unsaturated/α-hetero) is 1. The van der Waals surface area contributed by atoms with Gasteiger partial charge in [-0.3, -0.25) is 9.69 Å². The van der Waals surface area contributed by atoms with E-state index in [-0.39, 0.29) is 0 Å². The number of benzene rings is 4. The number of rotatable bonds is 3. The molecule has 2 aliphatic carbocycles. The summed E-state index contributed by atoms with van der Waals surface area (Å²) in [7, 11) is 0. The number of aryl methyl sites for hydroxylation is 2. The number of imidazole rings is 2. The van der Waals surface area contributed by atoms with Crippen LogP contribution in [0.15, 0.2) is 93.9 Å². The second-order valence-corrected chi connectivity index (χ2v) is 17.2. The molecule has 4 aliphatic rings. The average Bonchev–Trinajstić information content (AvgIpc) is 3.83. The molecular weight excluding hydrogens is 859 g/mol. The maximum absolute atomic E-state index is 11.1. The van der Waals surface area contributed by atoms with Gasteiger partial charge < -0.3 is 15.3 Å². The Morgan fingerprint density at radius 3 is 1.96 bits per heavy atom. The minimum Gasteiger partial charge on any atom is -0.341 e. The van der Waals surface area contributed by atoms with E-state index in [9.17, 15) is 4.79 Å². The first kappa shape index (κ1) is 38.3. The van der Waals surface area contributed by atoms with Gasteiger partial charge >= 0.3 is 0 Å². The van der Waals surface area contributed by atoms with Gasteiger partial charge in [0.1, 0.15) is 17.4 Å². The van der Waals surface area contributed by atoms with Gasteiger partial charge in [0.2, 0.25) is 0 Å². The van der Waals surface area contributed by atoms with Crippen LogP contribution >= 0.6 is 55.1 Å². The number of fused-ring (bicyclic) bond motifs is 4. The summed E-state index contributed by atoms with van der Waals surface area (Å²) in [5.74, 6) is 2.13. The van der Waals surface area contributed by atoms with Crippen molar-refractivity contribution in [1.82, 2.24) is 30.2 Å². The second kappa shape index (κ2) is 17.3. The molecule has 1 atom stereocenters. The molecule has 282 valence electrons. The largest absolute Gasteiger partial charge is 0.341 e. The lowest BCUT2D eigenvalue weighted by atomic mass is 9.87. The Balaban J connectivity index is 0.000000129. The van der Waals surface area contributed by atoms with E-state index in [1.807, 2.05) is 60.7 Å². The minimum atomic E-state index is 0.362. The summed E-state index contributed by atoms with van der Waals surface area (Å²) in [4.78, 5) is 30.1. The van der Waals surface area contributed by atoms with Gasteiger partial charge in [0.15, 0.2) is 0 Å². The standard InChI is InChI=1S/C22H21BrClN3.C12H12ClN3.C10H9BrO/c23-16-7-5-14-6-8-17(12-15(14)11-16)27-10-9-20-21(13-27)26-22(25-20)18-3-1-2-4-19(18)24;13-9-4-2-1-3-8(9)12-15-10-5-6-14-7-11(10)16-12;11-9-3-1-7-2-4-10(12)6-8(7)5-9/h1-5,7,11,17H,6,8-10,12-13H2,(H,25,26);1-4,14H,5-7H2,(H,15,16);1,3,5H,2,4,6H2. The Morgan fingerprint density at radius 2 is 1.29 bits per heavy atom. The van der Waals surface area contributed by atoms with Crippen LogP contribution in [-0.2, 0) is 56.4 Å². The number of aromatic amines is 2. The summed E-state index contributed by atoms with van der Waals surface area (Å²) in [5, 5.41) is 4.80. The van der Waals surface area contributed by atoms with Crippen LogP contribution in [0.5, 0.6) is 0 Å². The van der Waals surface area contributed by atoms with E-state index in [4.69, 9.17) is 28.2 Å². The first-order chi connectivity index (χ1) is 26.8. The molecule has 0 bridgehead atoms. The van der Waals surface area contributed by atoms with E-state index < -0.39 is 0 Å². The number of hydrogen-bond donors (Lipinski definition) is 3. The lowest BCUT2D eigenvalue weighted by Crippen LogP contribution is -2.42. The molecule has 0 saturated carbocycles. The van der Waals surface area contributed by atoms with Crippen LogP contribution in [0.1, 0.15) is 57.9 Å². The third kappa shape index (κ3) is 9.03. The second-order valence-electron chi connectivity index (χ2n) is 14.6. The maximum Gasteiger partial charge on any atom is 0.139 e. The van der Waals surface area contributed by atoms with E-state index in [0.717, 1.165) is 94.8 Å². The number of ketones is 1.